The van der Waals surface area contributed by atoms with E-state index in [9.17, 15) is 13.2 Å². The molecular weight excluding hydrogens is 400 g/mol. The lowest BCUT2D eigenvalue weighted by atomic mass is 10.0. The molecule has 0 aliphatic rings. The molecule has 0 spiro atoms. The van der Waals surface area contributed by atoms with Crippen molar-refractivity contribution >= 4 is 15.9 Å². The second kappa shape index (κ2) is 10.6. The van der Waals surface area contributed by atoms with Crippen molar-refractivity contribution in [3.8, 4) is 5.75 Å². The summed E-state index contributed by atoms with van der Waals surface area (Å²) in [6, 6.07) is 13.5. The first-order valence-corrected chi connectivity index (χ1v) is 11.6. The van der Waals surface area contributed by atoms with Gasteiger partial charge in [-0.3, -0.25) is 4.79 Å². The largest absolute Gasteiger partial charge is 0.495 e. The zero-order chi connectivity index (χ0) is 22.3. The van der Waals surface area contributed by atoms with Gasteiger partial charge in [0.05, 0.1) is 7.11 Å². The molecule has 0 saturated heterocycles. The predicted molar refractivity (Wildman–Crippen MR) is 119 cm³/mol. The lowest BCUT2D eigenvalue weighted by molar-refractivity contribution is -0.122. The van der Waals surface area contributed by atoms with Crippen molar-refractivity contribution < 1.29 is 17.9 Å². The maximum Gasteiger partial charge on any atom is 0.245 e. The number of carbonyl (C=O) groups excluding carboxylic acids is 1. The summed E-state index contributed by atoms with van der Waals surface area (Å²) >= 11 is 0. The van der Waals surface area contributed by atoms with E-state index in [1.165, 1.54) is 7.11 Å². The molecule has 2 aromatic carbocycles. The molecule has 1 amide bonds. The van der Waals surface area contributed by atoms with Crippen molar-refractivity contribution in [1.29, 1.82) is 0 Å². The van der Waals surface area contributed by atoms with Crippen molar-refractivity contribution in [3.63, 3.8) is 0 Å². The Morgan fingerprint density at radius 1 is 1.03 bits per heavy atom. The molecule has 0 aliphatic carbocycles. The third-order valence-corrected chi connectivity index (χ3v) is 6.22. The Balaban J connectivity index is 2.37. The molecule has 164 valence electrons. The Hall–Kier alpha value is -2.38. The van der Waals surface area contributed by atoms with Crippen molar-refractivity contribution in [2.75, 3.05) is 13.7 Å². The summed E-state index contributed by atoms with van der Waals surface area (Å²) in [6.45, 7) is 8.42. The van der Waals surface area contributed by atoms with Crippen LogP contribution in [0.15, 0.2) is 53.4 Å². The van der Waals surface area contributed by atoms with Gasteiger partial charge in [0.25, 0.3) is 0 Å². The monoisotopic (exact) mass is 432 g/mol. The highest BCUT2D eigenvalue weighted by Gasteiger charge is 2.28. The number of amides is 1. The molecule has 0 heterocycles. The summed E-state index contributed by atoms with van der Waals surface area (Å²) in [4.78, 5) is 12.9. The van der Waals surface area contributed by atoms with Crippen molar-refractivity contribution in [2.24, 2.45) is 5.92 Å². The molecule has 1 atom stereocenters. The van der Waals surface area contributed by atoms with Gasteiger partial charge in [-0.2, -0.15) is 4.72 Å². The van der Waals surface area contributed by atoms with Gasteiger partial charge in [-0.05, 0) is 41.5 Å². The van der Waals surface area contributed by atoms with Gasteiger partial charge in [0, 0.05) is 6.54 Å². The minimum Gasteiger partial charge on any atom is -0.495 e. The van der Waals surface area contributed by atoms with E-state index in [1.54, 1.807) is 12.1 Å². The van der Waals surface area contributed by atoms with E-state index in [-0.39, 0.29) is 34.8 Å². The zero-order valence-electron chi connectivity index (χ0n) is 18.3. The van der Waals surface area contributed by atoms with Gasteiger partial charge in [-0.25, -0.2) is 8.42 Å². The highest BCUT2D eigenvalue weighted by Crippen LogP contribution is 2.28. The molecule has 2 N–H and O–H groups in total. The minimum absolute atomic E-state index is 0.0333. The number of methoxy groups -OCH3 is 1. The maximum absolute atomic E-state index is 13.3. The number of sulfonamides is 1. The van der Waals surface area contributed by atoms with Crippen LogP contribution in [0.3, 0.4) is 0 Å². The topological polar surface area (TPSA) is 84.5 Å². The zero-order valence-corrected chi connectivity index (χ0v) is 19.1. The Labute approximate surface area is 180 Å². The van der Waals surface area contributed by atoms with Crippen LogP contribution in [0.4, 0.5) is 0 Å². The van der Waals surface area contributed by atoms with E-state index in [4.69, 9.17) is 4.74 Å². The van der Waals surface area contributed by atoms with E-state index in [1.807, 2.05) is 64.1 Å². The number of rotatable bonds is 10. The van der Waals surface area contributed by atoms with Gasteiger partial charge in [0.15, 0.2) is 0 Å². The van der Waals surface area contributed by atoms with Gasteiger partial charge in [-0.1, -0.05) is 64.1 Å². The fraction of sp³-hybridized carbons (Fsp3) is 0.435. The molecule has 7 heteroatoms. The lowest BCUT2D eigenvalue weighted by Crippen LogP contribution is -2.48. The molecule has 2 rings (SSSR count). The third-order valence-electron chi connectivity index (χ3n) is 4.72. The quantitative estimate of drug-likeness (QED) is 0.602. The number of carbonyl (C=O) groups is 1. The number of hydrogen-bond acceptors (Lipinski definition) is 4. The molecule has 0 bridgehead atoms. The molecule has 2 aromatic rings. The van der Waals surface area contributed by atoms with Crippen LogP contribution in [0.5, 0.6) is 5.75 Å². The predicted octanol–water partition coefficient (Wildman–Crippen LogP) is 3.48. The van der Waals surface area contributed by atoms with E-state index >= 15 is 0 Å². The Morgan fingerprint density at radius 3 is 2.27 bits per heavy atom. The van der Waals surface area contributed by atoms with Crippen LogP contribution in [0.25, 0.3) is 0 Å². The highest BCUT2D eigenvalue weighted by atomic mass is 32.2. The number of hydrogen-bond donors (Lipinski definition) is 2. The summed E-state index contributed by atoms with van der Waals surface area (Å²) in [5.74, 6) is 0.299. The Morgan fingerprint density at radius 2 is 1.70 bits per heavy atom. The fourth-order valence-electron chi connectivity index (χ4n) is 2.98. The van der Waals surface area contributed by atoms with Crippen LogP contribution in [0.2, 0.25) is 0 Å². The van der Waals surface area contributed by atoms with Gasteiger partial charge in [0.1, 0.15) is 16.7 Å². The van der Waals surface area contributed by atoms with Gasteiger partial charge < -0.3 is 10.1 Å². The molecule has 0 radical (unpaired) electrons. The SMILES string of the molecule is COc1ccc(C(C)C)cc1S(=O)(=O)NC(Cc1ccccc1)C(=O)NCC(C)C. The lowest BCUT2D eigenvalue weighted by Gasteiger charge is -2.21. The molecule has 1 unspecified atom stereocenters. The van der Waals surface area contributed by atoms with Gasteiger partial charge in [-0.15, -0.1) is 0 Å². The summed E-state index contributed by atoms with van der Waals surface area (Å²) in [6.07, 6.45) is 0.246. The number of benzene rings is 2. The third kappa shape index (κ3) is 6.57. The summed E-state index contributed by atoms with van der Waals surface area (Å²) in [5, 5.41) is 2.84. The van der Waals surface area contributed by atoms with Crippen LogP contribution in [-0.4, -0.2) is 34.0 Å². The van der Waals surface area contributed by atoms with Crippen LogP contribution in [-0.2, 0) is 21.2 Å². The fourth-order valence-corrected chi connectivity index (χ4v) is 4.38. The average Bonchev–Trinajstić information content (AvgIpc) is 2.71. The number of nitrogens with one attached hydrogen (secondary N) is 2. The summed E-state index contributed by atoms with van der Waals surface area (Å²) in [7, 11) is -2.57. The Bertz CT molecular complexity index is 941. The first-order valence-electron chi connectivity index (χ1n) is 10.2. The van der Waals surface area contributed by atoms with E-state index in [2.05, 4.69) is 10.0 Å². The second-order valence-corrected chi connectivity index (χ2v) is 9.75. The molecule has 6 nitrogen and oxygen atoms in total. The van der Waals surface area contributed by atoms with Gasteiger partial charge >= 0.3 is 0 Å². The first kappa shape index (κ1) is 23.9. The van der Waals surface area contributed by atoms with Gasteiger partial charge in [0.2, 0.25) is 15.9 Å². The summed E-state index contributed by atoms with van der Waals surface area (Å²) < 4.78 is 34.4. The molecule has 30 heavy (non-hydrogen) atoms. The average molecular weight is 433 g/mol. The Kier molecular flexibility index (Phi) is 8.43. The van der Waals surface area contributed by atoms with E-state index < -0.39 is 16.1 Å². The minimum atomic E-state index is -4.00. The standard InChI is InChI=1S/C23H32N2O4S/c1-16(2)15-24-23(26)20(13-18-9-7-6-8-10-18)25-30(27,28)22-14-19(17(3)4)11-12-21(22)29-5/h6-12,14,16-17,20,25H,13,15H2,1-5H3,(H,24,26). The smallest absolute Gasteiger partial charge is 0.245 e. The molecule has 0 aliphatic heterocycles. The normalized spacial score (nSPS) is 12.8. The van der Waals surface area contributed by atoms with E-state index in [0.29, 0.717) is 6.54 Å². The highest BCUT2D eigenvalue weighted by molar-refractivity contribution is 7.89. The molecule has 0 saturated carbocycles. The van der Waals surface area contributed by atoms with Crippen LogP contribution < -0.4 is 14.8 Å². The molecule has 0 fully saturated rings. The second-order valence-electron chi connectivity index (χ2n) is 8.07. The molecular formula is C23H32N2O4S. The van der Waals surface area contributed by atoms with Crippen molar-refractivity contribution in [3.05, 3.63) is 59.7 Å². The van der Waals surface area contributed by atoms with E-state index in [0.717, 1.165) is 11.1 Å². The first-order chi connectivity index (χ1) is 14.1. The van der Waals surface area contributed by atoms with Crippen molar-refractivity contribution in [2.45, 2.75) is 51.0 Å². The number of ether oxygens (including phenoxy) is 1. The summed E-state index contributed by atoms with van der Waals surface area (Å²) in [5.41, 5.74) is 1.74. The molecule has 0 aromatic heterocycles. The van der Waals surface area contributed by atoms with Crippen LogP contribution in [0, 0.1) is 5.92 Å². The van der Waals surface area contributed by atoms with Crippen LogP contribution >= 0.6 is 0 Å². The van der Waals surface area contributed by atoms with Crippen molar-refractivity contribution in [1.82, 2.24) is 10.0 Å². The van der Waals surface area contributed by atoms with Crippen LogP contribution in [0.1, 0.15) is 44.7 Å². The maximum atomic E-state index is 13.3.